The molecule has 1 aromatic carbocycles. The number of carbonyl (C=O) groups excluding carboxylic acids is 1. The van der Waals surface area contributed by atoms with E-state index in [9.17, 15) is 4.79 Å². The Morgan fingerprint density at radius 1 is 1.44 bits per heavy atom. The van der Waals surface area contributed by atoms with Crippen LogP contribution in [0.3, 0.4) is 0 Å². The maximum absolute atomic E-state index is 11.9. The average molecular weight is 352 g/mol. The molecule has 0 aliphatic heterocycles. The van der Waals surface area contributed by atoms with Gasteiger partial charge in [0.05, 0.1) is 5.56 Å². The Balaban J connectivity index is 2.64. The Bertz CT molecular complexity index is 379. The van der Waals surface area contributed by atoms with Gasteiger partial charge in [-0.1, -0.05) is 26.0 Å². The Hall–Kier alpha value is -0.290. The van der Waals surface area contributed by atoms with Crippen LogP contribution in [0.25, 0.3) is 0 Å². The molecular formula is C12H15ClINO. The highest BCUT2D eigenvalue weighted by Crippen LogP contribution is 2.16. The molecule has 0 fully saturated rings. The third kappa shape index (κ3) is 3.94. The van der Waals surface area contributed by atoms with E-state index in [0.29, 0.717) is 18.0 Å². The van der Waals surface area contributed by atoms with Gasteiger partial charge in [-0.3, -0.25) is 4.79 Å². The van der Waals surface area contributed by atoms with Gasteiger partial charge in [-0.2, -0.15) is 0 Å². The minimum Gasteiger partial charge on any atom is -0.351 e. The largest absolute Gasteiger partial charge is 0.351 e. The van der Waals surface area contributed by atoms with E-state index >= 15 is 0 Å². The van der Waals surface area contributed by atoms with Crippen molar-refractivity contribution in [2.75, 3.05) is 12.4 Å². The van der Waals surface area contributed by atoms with Gasteiger partial charge in [0.1, 0.15) is 0 Å². The Kier molecular flexibility index (Phi) is 5.05. The van der Waals surface area contributed by atoms with Crippen LogP contribution in [0.2, 0.25) is 0 Å². The van der Waals surface area contributed by atoms with Crippen LogP contribution in [0.5, 0.6) is 0 Å². The summed E-state index contributed by atoms with van der Waals surface area (Å²) in [6, 6.07) is 7.53. The summed E-state index contributed by atoms with van der Waals surface area (Å²) in [5.41, 5.74) is 0.644. The van der Waals surface area contributed by atoms with Crippen LogP contribution in [0.15, 0.2) is 24.3 Å². The fourth-order valence-electron chi connectivity index (χ4n) is 1.11. The molecule has 0 aromatic heterocycles. The number of hydrogen-bond acceptors (Lipinski definition) is 1. The molecule has 88 valence electrons. The number of nitrogens with one attached hydrogen (secondary N) is 1. The van der Waals surface area contributed by atoms with Gasteiger partial charge in [0.2, 0.25) is 0 Å². The fraction of sp³-hybridized carbons (Fsp3) is 0.417. The molecule has 0 saturated heterocycles. The van der Waals surface area contributed by atoms with E-state index in [4.69, 9.17) is 11.6 Å². The second kappa shape index (κ2) is 5.87. The molecule has 1 N–H and O–H groups in total. The molecule has 1 aromatic rings. The molecule has 2 nitrogen and oxygen atoms in total. The van der Waals surface area contributed by atoms with Gasteiger partial charge in [0.25, 0.3) is 5.91 Å². The summed E-state index contributed by atoms with van der Waals surface area (Å²) in [6.45, 7) is 4.63. The Morgan fingerprint density at radius 3 is 2.62 bits per heavy atom. The van der Waals surface area contributed by atoms with E-state index in [1.807, 2.05) is 38.1 Å². The first kappa shape index (κ1) is 13.8. The summed E-state index contributed by atoms with van der Waals surface area (Å²) >= 11 is 7.96. The predicted molar refractivity (Wildman–Crippen MR) is 76.0 cm³/mol. The zero-order valence-electron chi connectivity index (χ0n) is 9.39. The maximum Gasteiger partial charge on any atom is 0.252 e. The van der Waals surface area contributed by atoms with Crippen LogP contribution in [0.4, 0.5) is 0 Å². The number of carbonyl (C=O) groups is 1. The summed E-state index contributed by atoms with van der Waals surface area (Å²) in [4.78, 5) is 11.9. The lowest BCUT2D eigenvalue weighted by molar-refractivity contribution is 0.0939. The van der Waals surface area contributed by atoms with Crippen LogP contribution in [0, 0.1) is 8.99 Å². The molecule has 16 heavy (non-hydrogen) atoms. The number of amides is 1. The second-order valence-corrected chi connectivity index (χ2v) is 5.89. The highest BCUT2D eigenvalue weighted by atomic mass is 127. The van der Waals surface area contributed by atoms with Crippen molar-refractivity contribution in [1.82, 2.24) is 5.32 Å². The van der Waals surface area contributed by atoms with Crippen LogP contribution < -0.4 is 5.32 Å². The normalized spacial score (nSPS) is 11.2. The van der Waals surface area contributed by atoms with Crippen molar-refractivity contribution < 1.29 is 4.79 Å². The van der Waals surface area contributed by atoms with E-state index < -0.39 is 0 Å². The standard InChI is InChI=1S/C12H15ClINO/c1-12(2,7-13)8-15-11(16)9-5-3-4-6-10(9)14/h3-6H,7-8H2,1-2H3,(H,15,16). The molecule has 0 spiro atoms. The van der Waals surface area contributed by atoms with Gasteiger partial charge in [0, 0.05) is 16.0 Å². The topological polar surface area (TPSA) is 29.1 Å². The van der Waals surface area contributed by atoms with Gasteiger partial charge in [-0.15, -0.1) is 11.6 Å². The van der Waals surface area contributed by atoms with Gasteiger partial charge in [-0.25, -0.2) is 0 Å². The Labute approximate surface area is 115 Å². The third-order valence-electron chi connectivity index (χ3n) is 2.21. The van der Waals surface area contributed by atoms with Crippen molar-refractivity contribution in [1.29, 1.82) is 0 Å². The SMILES string of the molecule is CC(C)(CCl)CNC(=O)c1ccccc1I. The van der Waals surface area contributed by atoms with E-state index in [0.717, 1.165) is 3.57 Å². The number of hydrogen-bond donors (Lipinski definition) is 1. The molecule has 0 aliphatic carbocycles. The molecule has 4 heteroatoms. The lowest BCUT2D eigenvalue weighted by Gasteiger charge is -2.21. The van der Waals surface area contributed by atoms with Crippen molar-refractivity contribution in [3.8, 4) is 0 Å². The van der Waals surface area contributed by atoms with E-state index in [1.54, 1.807) is 0 Å². The summed E-state index contributed by atoms with van der Waals surface area (Å²) in [7, 11) is 0. The third-order valence-corrected chi connectivity index (χ3v) is 3.87. The van der Waals surface area contributed by atoms with Crippen molar-refractivity contribution in [3.63, 3.8) is 0 Å². The van der Waals surface area contributed by atoms with Crippen LogP contribution >= 0.6 is 34.2 Å². The molecule has 0 bridgehead atoms. The molecule has 0 unspecified atom stereocenters. The van der Waals surface area contributed by atoms with Crippen LogP contribution in [-0.4, -0.2) is 18.3 Å². The maximum atomic E-state index is 11.9. The van der Waals surface area contributed by atoms with Crippen molar-refractivity contribution in [2.45, 2.75) is 13.8 Å². The lowest BCUT2D eigenvalue weighted by Crippen LogP contribution is -2.35. The van der Waals surface area contributed by atoms with Crippen molar-refractivity contribution in [3.05, 3.63) is 33.4 Å². The van der Waals surface area contributed by atoms with Crippen LogP contribution in [-0.2, 0) is 0 Å². The van der Waals surface area contributed by atoms with Gasteiger partial charge in [0.15, 0.2) is 0 Å². The van der Waals surface area contributed by atoms with Gasteiger partial charge < -0.3 is 5.32 Å². The minimum absolute atomic E-state index is 0.0387. The number of alkyl halides is 1. The van der Waals surface area contributed by atoms with E-state index in [-0.39, 0.29) is 11.3 Å². The molecule has 0 heterocycles. The minimum atomic E-state index is -0.0720. The first-order valence-corrected chi connectivity index (χ1v) is 6.66. The predicted octanol–water partition coefficient (Wildman–Crippen LogP) is 3.29. The summed E-state index contributed by atoms with van der Waals surface area (Å²) < 4.78 is 0.960. The highest BCUT2D eigenvalue weighted by Gasteiger charge is 2.18. The summed E-state index contributed by atoms with van der Waals surface area (Å²) in [5.74, 6) is 0.488. The molecule has 0 aliphatic rings. The quantitative estimate of drug-likeness (QED) is 0.654. The van der Waals surface area contributed by atoms with Gasteiger partial charge in [-0.05, 0) is 40.1 Å². The Morgan fingerprint density at radius 2 is 2.06 bits per heavy atom. The van der Waals surface area contributed by atoms with E-state index in [2.05, 4.69) is 27.9 Å². The van der Waals surface area contributed by atoms with Gasteiger partial charge >= 0.3 is 0 Å². The molecule has 0 atom stereocenters. The van der Waals surface area contributed by atoms with Crippen molar-refractivity contribution in [2.24, 2.45) is 5.41 Å². The fourth-order valence-corrected chi connectivity index (χ4v) is 1.83. The molecule has 1 rings (SSSR count). The first-order chi connectivity index (χ1) is 7.46. The molecular weight excluding hydrogens is 336 g/mol. The molecule has 0 saturated carbocycles. The summed E-state index contributed by atoms with van der Waals surface area (Å²) in [6.07, 6.45) is 0. The second-order valence-electron chi connectivity index (χ2n) is 4.46. The summed E-state index contributed by atoms with van der Waals surface area (Å²) in [5, 5.41) is 2.90. The smallest absolute Gasteiger partial charge is 0.252 e. The first-order valence-electron chi connectivity index (χ1n) is 5.05. The monoisotopic (exact) mass is 351 g/mol. The number of rotatable bonds is 4. The van der Waals surface area contributed by atoms with Crippen molar-refractivity contribution >= 4 is 40.1 Å². The van der Waals surface area contributed by atoms with E-state index in [1.165, 1.54) is 0 Å². The zero-order valence-corrected chi connectivity index (χ0v) is 12.3. The average Bonchev–Trinajstić information content (AvgIpc) is 2.27. The molecule has 1 amide bonds. The highest BCUT2D eigenvalue weighted by molar-refractivity contribution is 14.1. The number of benzene rings is 1. The zero-order chi connectivity index (χ0) is 12.2. The van der Waals surface area contributed by atoms with Crippen LogP contribution in [0.1, 0.15) is 24.2 Å². The molecule has 0 radical (unpaired) electrons. The number of halogens is 2. The lowest BCUT2D eigenvalue weighted by atomic mass is 9.96.